The highest BCUT2D eigenvalue weighted by Crippen LogP contribution is 1.96. The summed E-state index contributed by atoms with van der Waals surface area (Å²) >= 11 is 0. The summed E-state index contributed by atoms with van der Waals surface area (Å²) in [6, 6.07) is 0. The monoisotopic (exact) mass is 118 g/mol. The van der Waals surface area contributed by atoms with Crippen molar-refractivity contribution in [3.05, 3.63) is 12.7 Å². The van der Waals surface area contributed by atoms with Gasteiger partial charge in [0.1, 0.15) is 6.17 Å². The Hall–Kier alpha value is -0.370. The first kappa shape index (κ1) is 7.63. The van der Waals surface area contributed by atoms with Crippen LogP contribution < -0.4 is 0 Å². The molecule has 0 aromatic rings. The molecule has 0 heterocycles. The SMILES string of the molecule is C=CCC(F)COC. The van der Waals surface area contributed by atoms with Crippen LogP contribution in [0.25, 0.3) is 0 Å². The summed E-state index contributed by atoms with van der Waals surface area (Å²) in [6.07, 6.45) is 1.05. The van der Waals surface area contributed by atoms with Gasteiger partial charge in [0.15, 0.2) is 0 Å². The van der Waals surface area contributed by atoms with Gasteiger partial charge in [0, 0.05) is 7.11 Å². The predicted molar refractivity (Wildman–Crippen MR) is 31.6 cm³/mol. The Bertz CT molecular complexity index is 63.5. The van der Waals surface area contributed by atoms with Crippen LogP contribution in [-0.2, 0) is 4.74 Å². The largest absolute Gasteiger partial charge is 0.382 e. The summed E-state index contributed by atoms with van der Waals surface area (Å²) in [5.41, 5.74) is 0. The third-order valence-electron chi connectivity index (χ3n) is 0.770. The number of methoxy groups -OCH3 is 1. The third kappa shape index (κ3) is 3.81. The van der Waals surface area contributed by atoms with Crippen molar-refractivity contribution in [3.8, 4) is 0 Å². The Morgan fingerprint density at radius 1 is 1.88 bits per heavy atom. The Kier molecular flexibility index (Phi) is 4.56. The van der Waals surface area contributed by atoms with Crippen molar-refractivity contribution < 1.29 is 9.13 Å². The number of hydrogen-bond acceptors (Lipinski definition) is 1. The summed E-state index contributed by atoms with van der Waals surface area (Å²) in [6.45, 7) is 3.56. The molecule has 0 bridgehead atoms. The molecule has 1 nitrogen and oxygen atoms in total. The molecule has 0 aliphatic heterocycles. The van der Waals surface area contributed by atoms with Crippen LogP contribution in [0.5, 0.6) is 0 Å². The average molecular weight is 118 g/mol. The van der Waals surface area contributed by atoms with Crippen molar-refractivity contribution in [2.45, 2.75) is 12.6 Å². The summed E-state index contributed by atoms with van der Waals surface area (Å²) in [7, 11) is 1.48. The van der Waals surface area contributed by atoms with Crippen molar-refractivity contribution in [1.29, 1.82) is 0 Å². The van der Waals surface area contributed by atoms with Crippen LogP contribution in [0.15, 0.2) is 12.7 Å². The van der Waals surface area contributed by atoms with Gasteiger partial charge >= 0.3 is 0 Å². The molecular formula is C6H11FO. The second kappa shape index (κ2) is 4.78. The fraction of sp³-hybridized carbons (Fsp3) is 0.667. The van der Waals surface area contributed by atoms with Gasteiger partial charge in [-0.3, -0.25) is 0 Å². The smallest absolute Gasteiger partial charge is 0.127 e. The first-order chi connectivity index (χ1) is 3.81. The van der Waals surface area contributed by atoms with Crippen molar-refractivity contribution in [3.63, 3.8) is 0 Å². The maximum atomic E-state index is 12.2. The minimum Gasteiger partial charge on any atom is -0.382 e. The van der Waals surface area contributed by atoms with E-state index in [9.17, 15) is 4.39 Å². The molecule has 1 unspecified atom stereocenters. The fourth-order valence-corrected chi connectivity index (χ4v) is 0.430. The molecule has 0 aromatic heterocycles. The van der Waals surface area contributed by atoms with Crippen LogP contribution in [-0.4, -0.2) is 19.9 Å². The van der Waals surface area contributed by atoms with E-state index in [1.54, 1.807) is 6.08 Å². The third-order valence-corrected chi connectivity index (χ3v) is 0.770. The second-order valence-corrected chi connectivity index (χ2v) is 1.58. The van der Waals surface area contributed by atoms with Crippen molar-refractivity contribution in [1.82, 2.24) is 0 Å². The molecule has 0 aliphatic rings. The van der Waals surface area contributed by atoms with E-state index >= 15 is 0 Å². The van der Waals surface area contributed by atoms with Gasteiger partial charge in [0.25, 0.3) is 0 Å². The van der Waals surface area contributed by atoms with Crippen LogP contribution in [0.4, 0.5) is 4.39 Å². The van der Waals surface area contributed by atoms with Crippen LogP contribution in [0.1, 0.15) is 6.42 Å². The molecule has 1 atom stereocenters. The highest BCUT2D eigenvalue weighted by Gasteiger charge is 1.99. The van der Waals surface area contributed by atoms with Crippen molar-refractivity contribution in [2.24, 2.45) is 0 Å². The molecule has 0 aliphatic carbocycles. The fourth-order valence-electron chi connectivity index (χ4n) is 0.430. The van der Waals surface area contributed by atoms with E-state index in [-0.39, 0.29) is 6.61 Å². The molecule has 0 fully saturated rings. The van der Waals surface area contributed by atoms with E-state index in [2.05, 4.69) is 11.3 Å². The lowest BCUT2D eigenvalue weighted by Gasteiger charge is -2.00. The Balaban J connectivity index is 3.03. The molecular weight excluding hydrogens is 107 g/mol. The van der Waals surface area contributed by atoms with Crippen LogP contribution in [0.3, 0.4) is 0 Å². The Labute approximate surface area is 49.2 Å². The van der Waals surface area contributed by atoms with E-state index in [0.29, 0.717) is 6.42 Å². The minimum absolute atomic E-state index is 0.173. The Morgan fingerprint density at radius 2 is 2.50 bits per heavy atom. The summed E-state index contributed by atoms with van der Waals surface area (Å²) in [5, 5.41) is 0. The molecule has 0 radical (unpaired) electrons. The Morgan fingerprint density at radius 3 is 2.88 bits per heavy atom. The zero-order valence-electron chi connectivity index (χ0n) is 5.06. The van der Waals surface area contributed by atoms with Crippen molar-refractivity contribution >= 4 is 0 Å². The lowest BCUT2D eigenvalue weighted by molar-refractivity contribution is 0.125. The van der Waals surface area contributed by atoms with Crippen LogP contribution in [0, 0.1) is 0 Å². The van der Waals surface area contributed by atoms with Gasteiger partial charge in [-0.05, 0) is 6.42 Å². The van der Waals surface area contributed by atoms with Crippen LogP contribution >= 0.6 is 0 Å². The predicted octanol–water partition coefficient (Wildman–Crippen LogP) is 1.55. The molecule has 2 heteroatoms. The molecule has 0 amide bonds. The average Bonchev–Trinajstić information content (AvgIpc) is 1.68. The molecule has 0 rings (SSSR count). The van der Waals surface area contributed by atoms with Gasteiger partial charge < -0.3 is 4.74 Å². The minimum atomic E-state index is -0.877. The zero-order chi connectivity index (χ0) is 6.41. The topological polar surface area (TPSA) is 9.23 Å². The maximum Gasteiger partial charge on any atom is 0.127 e. The molecule has 8 heavy (non-hydrogen) atoms. The number of hydrogen-bond donors (Lipinski definition) is 0. The van der Waals surface area contributed by atoms with Gasteiger partial charge in [-0.2, -0.15) is 0 Å². The number of allylic oxidation sites excluding steroid dienone is 1. The molecule has 0 saturated heterocycles. The van der Waals surface area contributed by atoms with Crippen LogP contribution in [0.2, 0.25) is 0 Å². The highest BCUT2D eigenvalue weighted by molar-refractivity contribution is 4.71. The second-order valence-electron chi connectivity index (χ2n) is 1.58. The van der Waals surface area contributed by atoms with E-state index in [4.69, 9.17) is 0 Å². The van der Waals surface area contributed by atoms with E-state index in [1.165, 1.54) is 7.11 Å². The van der Waals surface area contributed by atoms with Gasteiger partial charge in [-0.1, -0.05) is 6.08 Å². The lowest BCUT2D eigenvalue weighted by Crippen LogP contribution is -2.06. The summed E-state index contributed by atoms with van der Waals surface area (Å²) in [5.74, 6) is 0. The van der Waals surface area contributed by atoms with Gasteiger partial charge in [0.05, 0.1) is 6.61 Å². The molecule has 0 aromatic carbocycles. The maximum absolute atomic E-state index is 12.2. The normalized spacial score (nSPS) is 13.2. The van der Waals surface area contributed by atoms with E-state index in [1.807, 2.05) is 0 Å². The molecule has 0 N–H and O–H groups in total. The zero-order valence-corrected chi connectivity index (χ0v) is 5.06. The van der Waals surface area contributed by atoms with Gasteiger partial charge in [0.2, 0.25) is 0 Å². The van der Waals surface area contributed by atoms with E-state index < -0.39 is 6.17 Å². The first-order valence-corrected chi connectivity index (χ1v) is 2.55. The summed E-state index contributed by atoms with van der Waals surface area (Å²) in [4.78, 5) is 0. The number of alkyl halides is 1. The lowest BCUT2D eigenvalue weighted by atomic mass is 10.3. The number of halogens is 1. The first-order valence-electron chi connectivity index (χ1n) is 2.55. The highest BCUT2D eigenvalue weighted by atomic mass is 19.1. The quantitative estimate of drug-likeness (QED) is 0.509. The van der Waals surface area contributed by atoms with E-state index in [0.717, 1.165) is 0 Å². The van der Waals surface area contributed by atoms with Gasteiger partial charge in [-0.15, -0.1) is 6.58 Å². The summed E-state index contributed by atoms with van der Waals surface area (Å²) < 4.78 is 16.7. The van der Waals surface area contributed by atoms with Crippen molar-refractivity contribution in [2.75, 3.05) is 13.7 Å². The standard InChI is InChI=1S/C6H11FO/c1-3-4-6(7)5-8-2/h3,6H,1,4-5H2,2H3. The number of ether oxygens (including phenoxy) is 1. The molecule has 0 saturated carbocycles. The molecule has 48 valence electrons. The number of rotatable bonds is 4. The van der Waals surface area contributed by atoms with Gasteiger partial charge in [-0.25, -0.2) is 4.39 Å². The molecule has 0 spiro atoms.